The molecule has 21 heavy (non-hydrogen) atoms. The molecule has 3 aromatic carbocycles. The predicted molar refractivity (Wildman–Crippen MR) is 88.9 cm³/mol. The molecule has 0 aliphatic carbocycles. The monoisotopic (exact) mass is 290 g/mol. The number of fused-ring (bicyclic) bond motifs is 1. The molecule has 3 aromatic rings. The zero-order valence-electron chi connectivity index (χ0n) is 11.6. The zero-order valence-corrected chi connectivity index (χ0v) is 12.5. The summed E-state index contributed by atoms with van der Waals surface area (Å²) < 4.78 is 13.1. The predicted octanol–water partition coefficient (Wildman–Crippen LogP) is 4.18. The summed E-state index contributed by atoms with van der Waals surface area (Å²) in [4.78, 5) is 0. The topological polar surface area (TPSA) is 17.1 Å². The van der Waals surface area contributed by atoms with Gasteiger partial charge in [0.1, 0.15) is 7.14 Å². The summed E-state index contributed by atoms with van der Waals surface area (Å²) in [6, 6.07) is 26.6. The van der Waals surface area contributed by atoms with Gasteiger partial charge in [-0.3, -0.25) is 0 Å². The van der Waals surface area contributed by atoms with Crippen LogP contribution in [0.3, 0.4) is 0 Å². The first-order valence-electron chi connectivity index (χ1n) is 7.11. The molecule has 0 fully saturated rings. The van der Waals surface area contributed by atoms with Gasteiger partial charge in [0.05, 0.1) is 0 Å². The average molecular weight is 290 g/mol. The summed E-state index contributed by atoms with van der Waals surface area (Å²) in [6.45, 7) is 0. The lowest BCUT2D eigenvalue weighted by molar-refractivity contribution is 0.590. The minimum absolute atomic E-state index is 0.654. The van der Waals surface area contributed by atoms with Gasteiger partial charge in [0.25, 0.3) is 0 Å². The van der Waals surface area contributed by atoms with E-state index in [0.29, 0.717) is 6.16 Å². The maximum Gasteiger partial charge on any atom is 0.148 e. The van der Waals surface area contributed by atoms with Crippen LogP contribution in [0.25, 0.3) is 11.1 Å². The van der Waals surface area contributed by atoms with Crippen LogP contribution in [0, 0.1) is 0 Å². The van der Waals surface area contributed by atoms with Gasteiger partial charge >= 0.3 is 0 Å². The minimum Gasteiger partial charge on any atom is -0.313 e. The summed E-state index contributed by atoms with van der Waals surface area (Å²) in [5.74, 6) is 0. The Morgan fingerprint density at radius 1 is 0.667 bits per heavy atom. The van der Waals surface area contributed by atoms with Gasteiger partial charge in [-0.05, 0) is 28.8 Å². The molecule has 102 valence electrons. The lowest BCUT2D eigenvalue weighted by Gasteiger charge is -1.99. The first kappa shape index (κ1) is 12.6. The summed E-state index contributed by atoms with van der Waals surface area (Å²) in [7, 11) is -2.28. The Labute approximate surface area is 124 Å². The Kier molecular flexibility index (Phi) is 2.83. The van der Waals surface area contributed by atoms with Gasteiger partial charge in [-0.2, -0.15) is 0 Å². The highest BCUT2D eigenvalue weighted by atomic mass is 31.2. The van der Waals surface area contributed by atoms with Crippen molar-refractivity contribution < 1.29 is 4.57 Å². The first-order chi connectivity index (χ1) is 10.3. The van der Waals surface area contributed by atoms with Crippen molar-refractivity contribution in [2.45, 2.75) is 6.16 Å². The molecule has 0 aromatic heterocycles. The zero-order chi connectivity index (χ0) is 14.3. The summed E-state index contributed by atoms with van der Waals surface area (Å²) in [5, 5.41) is 2.12. The summed E-state index contributed by atoms with van der Waals surface area (Å²) >= 11 is 0. The van der Waals surface area contributed by atoms with Gasteiger partial charge in [-0.15, -0.1) is 0 Å². The molecule has 0 spiro atoms. The number of benzene rings is 3. The lowest BCUT2D eigenvalue weighted by Crippen LogP contribution is -1.89. The highest BCUT2D eigenvalue weighted by molar-refractivity contribution is 7.88. The maximum atomic E-state index is 13.1. The molecule has 1 atom stereocenters. The lowest BCUT2D eigenvalue weighted by atomic mass is 10.1. The second-order valence-electron chi connectivity index (χ2n) is 5.45. The van der Waals surface area contributed by atoms with Crippen molar-refractivity contribution in [2.75, 3.05) is 0 Å². The van der Waals surface area contributed by atoms with Crippen molar-refractivity contribution in [1.82, 2.24) is 0 Å². The highest BCUT2D eigenvalue weighted by Crippen LogP contribution is 2.57. The van der Waals surface area contributed by atoms with Crippen LogP contribution in [-0.4, -0.2) is 0 Å². The van der Waals surface area contributed by atoms with Crippen LogP contribution in [0.1, 0.15) is 5.56 Å². The van der Waals surface area contributed by atoms with E-state index in [1.54, 1.807) is 0 Å². The van der Waals surface area contributed by atoms with E-state index in [-0.39, 0.29) is 0 Å². The SMILES string of the molecule is O=P1(Cc2ccccc2)c2ccc(-c3ccccc3)cc21. The smallest absolute Gasteiger partial charge is 0.148 e. The molecule has 2 heteroatoms. The van der Waals surface area contributed by atoms with Crippen molar-refractivity contribution >= 4 is 17.8 Å². The van der Waals surface area contributed by atoms with Gasteiger partial charge < -0.3 is 4.57 Å². The molecule has 1 aliphatic heterocycles. The average Bonchev–Trinajstić information content (AvgIpc) is 3.13. The van der Waals surface area contributed by atoms with Crippen molar-refractivity contribution in [3.05, 3.63) is 84.4 Å². The van der Waals surface area contributed by atoms with Crippen molar-refractivity contribution in [2.24, 2.45) is 0 Å². The fourth-order valence-corrected chi connectivity index (χ4v) is 5.68. The van der Waals surface area contributed by atoms with Crippen LogP contribution in [0.5, 0.6) is 0 Å². The van der Waals surface area contributed by atoms with Crippen LogP contribution in [0.15, 0.2) is 78.9 Å². The normalized spacial score (nSPS) is 19.0. The van der Waals surface area contributed by atoms with Gasteiger partial charge in [0.2, 0.25) is 0 Å². The molecule has 0 saturated carbocycles. The van der Waals surface area contributed by atoms with Gasteiger partial charge in [-0.25, -0.2) is 0 Å². The van der Waals surface area contributed by atoms with E-state index in [2.05, 4.69) is 36.4 Å². The molecule has 0 radical (unpaired) electrons. The largest absolute Gasteiger partial charge is 0.313 e. The molecule has 1 unspecified atom stereocenters. The van der Waals surface area contributed by atoms with Crippen molar-refractivity contribution in [1.29, 1.82) is 0 Å². The minimum atomic E-state index is -2.28. The van der Waals surface area contributed by atoms with E-state index in [1.807, 2.05) is 42.5 Å². The van der Waals surface area contributed by atoms with Gasteiger partial charge in [-0.1, -0.05) is 66.7 Å². The second-order valence-corrected chi connectivity index (χ2v) is 8.21. The van der Waals surface area contributed by atoms with Crippen LogP contribution in [-0.2, 0) is 10.7 Å². The molecule has 1 aliphatic rings. The molecule has 1 nitrogen and oxygen atoms in total. The Balaban J connectivity index is 1.66. The van der Waals surface area contributed by atoms with Gasteiger partial charge in [0, 0.05) is 16.8 Å². The fraction of sp³-hybridized carbons (Fsp3) is 0.0526. The van der Waals surface area contributed by atoms with E-state index < -0.39 is 7.14 Å². The summed E-state index contributed by atoms with van der Waals surface area (Å²) in [5.41, 5.74) is 3.48. The summed E-state index contributed by atoms with van der Waals surface area (Å²) in [6.07, 6.45) is 0.654. The molecule has 0 saturated heterocycles. The van der Waals surface area contributed by atoms with Crippen molar-refractivity contribution in [3.63, 3.8) is 0 Å². The van der Waals surface area contributed by atoms with E-state index in [1.165, 1.54) is 5.56 Å². The van der Waals surface area contributed by atoms with Crippen LogP contribution < -0.4 is 10.6 Å². The van der Waals surface area contributed by atoms with E-state index in [9.17, 15) is 4.57 Å². The third-order valence-electron chi connectivity index (χ3n) is 4.06. The Bertz CT molecular complexity index is 838. The third kappa shape index (κ3) is 2.14. The van der Waals surface area contributed by atoms with Gasteiger partial charge in [0.15, 0.2) is 0 Å². The Morgan fingerprint density at radius 3 is 2.05 bits per heavy atom. The molecule has 0 amide bonds. The molecular weight excluding hydrogens is 275 g/mol. The highest BCUT2D eigenvalue weighted by Gasteiger charge is 2.45. The molecule has 0 N–H and O–H groups in total. The van der Waals surface area contributed by atoms with Crippen LogP contribution >= 0.6 is 7.14 Å². The molecular formula is C19H15OP. The van der Waals surface area contributed by atoms with E-state index >= 15 is 0 Å². The Hall–Kier alpha value is -2.11. The molecule has 1 heterocycles. The first-order valence-corrected chi connectivity index (χ1v) is 9.00. The standard InChI is InChI=1S/C19H15OP/c20-21(14-15-7-3-1-4-8-15)18-12-11-17(13-19(18)21)16-9-5-2-6-10-16/h1-13H,14H2. The fourth-order valence-electron chi connectivity index (χ4n) is 2.87. The quantitative estimate of drug-likeness (QED) is 0.661. The van der Waals surface area contributed by atoms with Crippen molar-refractivity contribution in [3.8, 4) is 11.1 Å². The van der Waals surface area contributed by atoms with E-state index in [4.69, 9.17) is 0 Å². The van der Waals surface area contributed by atoms with E-state index in [0.717, 1.165) is 21.7 Å². The Morgan fingerprint density at radius 2 is 1.33 bits per heavy atom. The number of hydrogen-bond donors (Lipinski definition) is 0. The number of hydrogen-bond acceptors (Lipinski definition) is 1. The van der Waals surface area contributed by atoms with Crippen LogP contribution in [0.2, 0.25) is 0 Å². The molecule has 0 bridgehead atoms. The second kappa shape index (κ2) is 4.72. The third-order valence-corrected chi connectivity index (χ3v) is 6.96. The number of rotatable bonds is 3. The van der Waals surface area contributed by atoms with Crippen LogP contribution in [0.4, 0.5) is 0 Å². The molecule has 4 rings (SSSR count). The maximum absolute atomic E-state index is 13.1.